The van der Waals surface area contributed by atoms with Gasteiger partial charge in [0, 0.05) is 11.1 Å². The molecule has 0 saturated heterocycles. The summed E-state index contributed by atoms with van der Waals surface area (Å²) in [6.07, 6.45) is 4.87. The molecule has 1 rings (SSSR count). The predicted molar refractivity (Wildman–Crippen MR) is 62.7 cm³/mol. The molecule has 2 heteroatoms. The Morgan fingerprint density at radius 2 is 2.00 bits per heavy atom. The van der Waals surface area contributed by atoms with Crippen LogP contribution >= 0.6 is 0 Å². The molecule has 0 bridgehead atoms. The van der Waals surface area contributed by atoms with Gasteiger partial charge < -0.3 is 10.2 Å². The molecule has 0 amide bonds. The van der Waals surface area contributed by atoms with Crippen molar-refractivity contribution in [3.8, 4) is 5.75 Å². The highest BCUT2D eigenvalue weighted by Crippen LogP contribution is 2.27. The highest BCUT2D eigenvalue weighted by Gasteiger charge is 2.07. The second-order valence-electron chi connectivity index (χ2n) is 3.02. The van der Waals surface area contributed by atoms with Gasteiger partial charge in [0.25, 0.3) is 0 Å². The maximum atomic E-state index is 9.64. The molecule has 0 aliphatic carbocycles. The molecule has 0 heterocycles. The Morgan fingerprint density at radius 1 is 1.33 bits per heavy atom. The number of aliphatic hydroxyl groups is 1. The van der Waals surface area contributed by atoms with Gasteiger partial charge >= 0.3 is 0 Å². The van der Waals surface area contributed by atoms with Crippen LogP contribution in [0.3, 0.4) is 0 Å². The van der Waals surface area contributed by atoms with Crippen LogP contribution in [0.5, 0.6) is 5.75 Å². The van der Waals surface area contributed by atoms with E-state index >= 15 is 0 Å². The third kappa shape index (κ3) is 2.50. The van der Waals surface area contributed by atoms with Crippen molar-refractivity contribution in [1.82, 2.24) is 0 Å². The summed E-state index contributed by atoms with van der Waals surface area (Å²) in [4.78, 5) is 0. The second-order valence-corrected chi connectivity index (χ2v) is 3.02. The van der Waals surface area contributed by atoms with Crippen molar-refractivity contribution in [3.63, 3.8) is 0 Å². The number of phenols is 1. The van der Waals surface area contributed by atoms with Gasteiger partial charge in [0.2, 0.25) is 0 Å². The number of hydrogen-bond acceptors (Lipinski definition) is 2. The molecule has 0 spiro atoms. The highest BCUT2D eigenvalue weighted by atomic mass is 16.3. The molecule has 15 heavy (non-hydrogen) atoms. The minimum absolute atomic E-state index is 0.0506. The fraction of sp³-hybridized carbons (Fsp3) is 0.0769. The third-order valence-corrected chi connectivity index (χ3v) is 2.00. The van der Waals surface area contributed by atoms with Crippen molar-refractivity contribution < 1.29 is 10.2 Å². The maximum Gasteiger partial charge on any atom is 0.123 e. The van der Waals surface area contributed by atoms with Gasteiger partial charge in [0.15, 0.2) is 0 Å². The summed E-state index contributed by atoms with van der Waals surface area (Å²) in [5.74, 6) is 0.189. The van der Waals surface area contributed by atoms with Crippen molar-refractivity contribution in [2.75, 3.05) is 0 Å². The van der Waals surface area contributed by atoms with Gasteiger partial charge in [0.05, 0.1) is 0 Å². The topological polar surface area (TPSA) is 40.5 Å². The quantitative estimate of drug-likeness (QED) is 0.582. The van der Waals surface area contributed by atoms with Crippen LogP contribution in [0.1, 0.15) is 12.5 Å². The molecule has 0 atom stereocenters. The Balaban J connectivity index is 3.35. The predicted octanol–water partition coefficient (Wildman–Crippen LogP) is 3.42. The monoisotopic (exact) mass is 202 g/mol. The number of allylic oxidation sites excluding steroid dienone is 4. The van der Waals surface area contributed by atoms with E-state index in [0.717, 1.165) is 0 Å². The lowest BCUT2D eigenvalue weighted by Crippen LogP contribution is -1.87. The summed E-state index contributed by atoms with van der Waals surface area (Å²) in [6, 6.07) is 6.85. The van der Waals surface area contributed by atoms with Gasteiger partial charge in [0.1, 0.15) is 11.5 Å². The van der Waals surface area contributed by atoms with E-state index < -0.39 is 0 Å². The summed E-state index contributed by atoms with van der Waals surface area (Å²) in [6.45, 7) is 5.34. The lowest BCUT2D eigenvalue weighted by molar-refractivity contribution is 0.434. The Hall–Kier alpha value is -1.96. The Morgan fingerprint density at radius 3 is 2.53 bits per heavy atom. The Labute approximate surface area is 89.5 Å². The average molecular weight is 202 g/mol. The fourth-order valence-corrected chi connectivity index (χ4v) is 1.29. The molecule has 0 aliphatic rings. The molecule has 1 aromatic carbocycles. The van der Waals surface area contributed by atoms with Gasteiger partial charge in [-0.3, -0.25) is 0 Å². The van der Waals surface area contributed by atoms with Crippen molar-refractivity contribution in [2.45, 2.75) is 6.92 Å². The largest absolute Gasteiger partial charge is 0.507 e. The second kappa shape index (κ2) is 5.05. The van der Waals surface area contributed by atoms with E-state index in [2.05, 4.69) is 6.58 Å². The third-order valence-electron chi connectivity index (χ3n) is 2.00. The number of hydrogen-bond donors (Lipinski definition) is 2. The number of rotatable bonds is 3. The number of benzene rings is 1. The number of phenolic OH excluding ortho intramolecular Hbond substituents is 1. The molecule has 0 aromatic heterocycles. The van der Waals surface area contributed by atoms with E-state index in [9.17, 15) is 10.2 Å². The first kappa shape index (κ1) is 11.1. The van der Waals surface area contributed by atoms with Gasteiger partial charge in [-0.25, -0.2) is 0 Å². The van der Waals surface area contributed by atoms with E-state index in [1.165, 1.54) is 6.08 Å². The molecule has 1 aromatic rings. The van der Waals surface area contributed by atoms with Crippen molar-refractivity contribution in [1.29, 1.82) is 0 Å². The fourth-order valence-electron chi connectivity index (χ4n) is 1.29. The summed E-state index contributed by atoms with van der Waals surface area (Å²) < 4.78 is 0. The zero-order valence-corrected chi connectivity index (χ0v) is 8.64. The van der Waals surface area contributed by atoms with Gasteiger partial charge in [-0.15, -0.1) is 0 Å². The van der Waals surface area contributed by atoms with Crippen LogP contribution in [0.15, 0.2) is 54.8 Å². The first-order valence-electron chi connectivity index (χ1n) is 4.67. The first-order chi connectivity index (χ1) is 7.20. The molecule has 2 nitrogen and oxygen atoms in total. The van der Waals surface area contributed by atoms with Crippen LogP contribution in [0, 0.1) is 0 Å². The highest BCUT2D eigenvalue weighted by molar-refractivity contribution is 5.79. The summed E-state index contributed by atoms with van der Waals surface area (Å²) in [5.41, 5.74) is 1.15. The molecular formula is C13H14O2. The lowest BCUT2D eigenvalue weighted by atomic mass is 10.0. The number of aliphatic hydroxyl groups excluding tert-OH is 1. The Bertz CT molecular complexity index is 414. The minimum Gasteiger partial charge on any atom is -0.507 e. The summed E-state index contributed by atoms with van der Waals surface area (Å²) in [7, 11) is 0. The number of para-hydroxylation sites is 1. The maximum absolute atomic E-state index is 9.64. The summed E-state index contributed by atoms with van der Waals surface area (Å²) in [5, 5.41) is 19.3. The zero-order valence-electron chi connectivity index (χ0n) is 8.64. The van der Waals surface area contributed by atoms with E-state index in [0.29, 0.717) is 11.1 Å². The molecular weight excluding hydrogens is 188 g/mol. The SMILES string of the molecule is C=C/C(O)=C(\C=C/C)c1ccccc1O. The average Bonchev–Trinajstić information content (AvgIpc) is 2.26. The van der Waals surface area contributed by atoms with Crippen LogP contribution in [0.4, 0.5) is 0 Å². The van der Waals surface area contributed by atoms with Crippen molar-refractivity contribution >= 4 is 5.57 Å². The van der Waals surface area contributed by atoms with Gasteiger partial charge in [-0.1, -0.05) is 36.9 Å². The zero-order chi connectivity index (χ0) is 11.3. The molecule has 78 valence electrons. The number of aromatic hydroxyl groups is 1. The van der Waals surface area contributed by atoms with Crippen LogP contribution in [0.25, 0.3) is 5.57 Å². The minimum atomic E-state index is 0.0506. The standard InChI is InChI=1S/C13H14O2/c1-3-7-10(12(14)4-2)11-8-5-6-9-13(11)15/h3-9,14-15H,2H2,1H3/b7-3-,12-10-. The normalized spacial score (nSPS) is 12.6. The van der Waals surface area contributed by atoms with Gasteiger partial charge in [-0.2, -0.15) is 0 Å². The molecule has 0 radical (unpaired) electrons. The van der Waals surface area contributed by atoms with Crippen molar-refractivity contribution in [2.24, 2.45) is 0 Å². The molecule has 2 N–H and O–H groups in total. The lowest BCUT2D eigenvalue weighted by Gasteiger charge is -2.06. The summed E-state index contributed by atoms with van der Waals surface area (Å²) >= 11 is 0. The van der Waals surface area contributed by atoms with E-state index in [1.807, 2.05) is 6.92 Å². The molecule has 0 fully saturated rings. The van der Waals surface area contributed by atoms with Crippen LogP contribution in [0.2, 0.25) is 0 Å². The van der Waals surface area contributed by atoms with Gasteiger partial charge in [-0.05, 0) is 19.1 Å². The van der Waals surface area contributed by atoms with Crippen LogP contribution < -0.4 is 0 Å². The molecule has 0 saturated carbocycles. The van der Waals surface area contributed by atoms with E-state index in [-0.39, 0.29) is 11.5 Å². The van der Waals surface area contributed by atoms with E-state index in [1.54, 1.807) is 36.4 Å². The molecule has 0 aliphatic heterocycles. The van der Waals surface area contributed by atoms with E-state index in [4.69, 9.17) is 0 Å². The molecule has 0 unspecified atom stereocenters. The first-order valence-corrected chi connectivity index (χ1v) is 4.67. The van der Waals surface area contributed by atoms with Crippen LogP contribution in [-0.2, 0) is 0 Å². The van der Waals surface area contributed by atoms with Crippen molar-refractivity contribution in [3.05, 3.63) is 60.4 Å². The van der Waals surface area contributed by atoms with Crippen LogP contribution in [-0.4, -0.2) is 10.2 Å². The smallest absolute Gasteiger partial charge is 0.123 e. The Kier molecular flexibility index (Phi) is 3.75.